The molecule has 0 unspecified atom stereocenters. The fourth-order valence-corrected chi connectivity index (χ4v) is 0.686. The van der Waals surface area contributed by atoms with Crippen LogP contribution in [0.5, 0.6) is 0 Å². The maximum absolute atomic E-state index is 10.5. The van der Waals surface area contributed by atoms with Crippen molar-refractivity contribution < 1.29 is 4.79 Å². The monoisotopic (exact) mass is 241 g/mol. The molecular formula is C9H12ClN5O. The number of hydrogen-bond acceptors (Lipinski definition) is 4. The normalized spacial score (nSPS) is 12.4. The minimum Gasteiger partial charge on any atom is -0.369 e. The van der Waals surface area contributed by atoms with Gasteiger partial charge in [0.1, 0.15) is 16.8 Å². The molecule has 7 heteroatoms. The quantitative estimate of drug-likeness (QED) is 0.258. The van der Waals surface area contributed by atoms with Crippen molar-refractivity contribution in [1.29, 1.82) is 5.26 Å². The Balaban J connectivity index is 4.70. The Labute approximate surface area is 98.9 Å². The number of amides is 1. The molecule has 0 aromatic rings. The number of aliphatic imine (C=N–C) groups is 1. The molecule has 0 saturated carbocycles. The first-order chi connectivity index (χ1) is 7.47. The van der Waals surface area contributed by atoms with Gasteiger partial charge in [-0.15, -0.1) is 0 Å². The molecule has 0 rings (SSSR count). The van der Waals surface area contributed by atoms with Gasteiger partial charge >= 0.3 is 0 Å². The molecular weight excluding hydrogens is 230 g/mol. The smallest absolute Gasteiger partial charge is 0.236 e. The van der Waals surface area contributed by atoms with Crippen molar-refractivity contribution in [3.8, 4) is 6.07 Å². The fourth-order valence-electron chi connectivity index (χ4n) is 0.552. The van der Waals surface area contributed by atoms with Crippen molar-refractivity contribution in [3.05, 3.63) is 10.7 Å². The zero-order valence-corrected chi connectivity index (χ0v) is 9.99. The van der Waals surface area contributed by atoms with Crippen LogP contribution in [0.3, 0.4) is 0 Å². The molecule has 0 aliphatic heterocycles. The topological polar surface area (TPSA) is 80.8 Å². The molecule has 1 amide bonds. The summed E-state index contributed by atoms with van der Waals surface area (Å²) in [6.07, 6.45) is 2.59. The van der Waals surface area contributed by atoms with Gasteiger partial charge in [-0.05, 0) is 0 Å². The van der Waals surface area contributed by atoms with Gasteiger partial charge in [0.2, 0.25) is 5.91 Å². The molecule has 0 aliphatic rings. The van der Waals surface area contributed by atoms with Crippen molar-refractivity contribution in [1.82, 2.24) is 10.3 Å². The number of hydrogen-bond donors (Lipinski definition) is 1. The van der Waals surface area contributed by atoms with E-state index in [2.05, 4.69) is 15.5 Å². The van der Waals surface area contributed by atoms with E-state index in [1.807, 2.05) is 6.07 Å². The molecule has 0 fully saturated rings. The van der Waals surface area contributed by atoms with Crippen molar-refractivity contribution in [2.75, 3.05) is 14.1 Å². The van der Waals surface area contributed by atoms with Crippen molar-refractivity contribution in [2.24, 2.45) is 10.1 Å². The maximum atomic E-state index is 10.5. The summed E-state index contributed by atoms with van der Waals surface area (Å²) in [5.41, 5.74) is 2.22. The van der Waals surface area contributed by atoms with Crippen LogP contribution in [0.1, 0.15) is 6.92 Å². The summed E-state index contributed by atoms with van der Waals surface area (Å²) in [5, 5.41) is 12.3. The number of hydrazone groups is 1. The van der Waals surface area contributed by atoms with E-state index in [0.29, 0.717) is 0 Å². The Bertz CT molecular complexity index is 378. The first-order valence-corrected chi connectivity index (χ1v) is 4.65. The Morgan fingerprint density at radius 3 is 2.62 bits per heavy atom. The number of nitrogens with zero attached hydrogens (tertiary/aromatic N) is 4. The summed E-state index contributed by atoms with van der Waals surface area (Å²) in [6.45, 7) is 1.30. The standard InChI is InChI=1S/C9H12ClN5O/c1-7(16)14-13-5-8(4-11)9(10)12-6-15(2)3/h5-6H,1-3H3,(H,14,16)/b9-8+,12-6?,13-5-. The van der Waals surface area contributed by atoms with E-state index in [1.165, 1.54) is 13.3 Å². The van der Waals surface area contributed by atoms with Crippen LogP contribution in [0, 0.1) is 11.3 Å². The number of nitriles is 1. The summed E-state index contributed by atoms with van der Waals surface area (Å²) < 4.78 is 0. The van der Waals surface area contributed by atoms with Crippen LogP contribution in [-0.4, -0.2) is 37.5 Å². The van der Waals surface area contributed by atoms with E-state index in [-0.39, 0.29) is 16.6 Å². The summed E-state index contributed by atoms with van der Waals surface area (Å²) in [5.74, 6) is -0.332. The van der Waals surface area contributed by atoms with Crippen LogP contribution >= 0.6 is 11.6 Å². The van der Waals surface area contributed by atoms with E-state index in [0.717, 1.165) is 6.21 Å². The van der Waals surface area contributed by atoms with Gasteiger partial charge in [0.25, 0.3) is 0 Å². The van der Waals surface area contributed by atoms with Crippen LogP contribution in [0.2, 0.25) is 0 Å². The van der Waals surface area contributed by atoms with Gasteiger partial charge in [-0.1, -0.05) is 11.6 Å². The number of halogens is 1. The second-order valence-electron chi connectivity index (χ2n) is 2.95. The fraction of sp³-hybridized carbons (Fsp3) is 0.333. The third kappa shape index (κ3) is 6.56. The Hall–Kier alpha value is -1.87. The molecule has 1 N–H and O–H groups in total. The van der Waals surface area contributed by atoms with E-state index >= 15 is 0 Å². The minimum atomic E-state index is -0.332. The lowest BCUT2D eigenvalue weighted by Gasteiger charge is -2.01. The highest BCUT2D eigenvalue weighted by atomic mass is 35.5. The largest absolute Gasteiger partial charge is 0.369 e. The molecule has 0 heterocycles. The number of nitrogens with one attached hydrogen (secondary N) is 1. The Morgan fingerprint density at radius 2 is 2.19 bits per heavy atom. The zero-order valence-electron chi connectivity index (χ0n) is 9.23. The third-order valence-electron chi connectivity index (χ3n) is 1.16. The SMILES string of the molecule is CC(=O)N/N=C\C(C#N)=C(/Cl)N=CN(C)C. The average molecular weight is 242 g/mol. The molecule has 0 saturated heterocycles. The number of allylic oxidation sites excluding steroid dienone is 1. The van der Waals surface area contributed by atoms with Gasteiger partial charge in [-0.3, -0.25) is 4.79 Å². The van der Waals surface area contributed by atoms with Gasteiger partial charge in [-0.2, -0.15) is 10.4 Å². The summed E-state index contributed by atoms with van der Waals surface area (Å²) in [6, 6.07) is 1.81. The number of rotatable bonds is 4. The molecule has 0 aromatic heterocycles. The average Bonchev–Trinajstić information content (AvgIpc) is 2.20. The van der Waals surface area contributed by atoms with Gasteiger partial charge < -0.3 is 4.90 Å². The van der Waals surface area contributed by atoms with Crippen LogP contribution < -0.4 is 5.43 Å². The molecule has 0 aromatic carbocycles. The second-order valence-corrected chi connectivity index (χ2v) is 3.31. The van der Waals surface area contributed by atoms with Crippen LogP contribution in [0.4, 0.5) is 0 Å². The number of carbonyl (C=O) groups is 1. The molecule has 0 radical (unpaired) electrons. The first kappa shape index (κ1) is 14.1. The molecule has 0 aliphatic carbocycles. The second kappa shape index (κ2) is 7.43. The van der Waals surface area contributed by atoms with Gasteiger partial charge in [-0.25, -0.2) is 10.4 Å². The lowest BCUT2D eigenvalue weighted by molar-refractivity contribution is -0.118. The first-order valence-electron chi connectivity index (χ1n) is 4.27. The van der Waals surface area contributed by atoms with Crippen LogP contribution in [0.25, 0.3) is 0 Å². The molecule has 0 atom stereocenters. The zero-order chi connectivity index (χ0) is 12.6. The van der Waals surface area contributed by atoms with E-state index in [1.54, 1.807) is 19.0 Å². The predicted molar refractivity (Wildman–Crippen MR) is 63.0 cm³/mol. The van der Waals surface area contributed by atoms with E-state index in [9.17, 15) is 4.79 Å². The van der Waals surface area contributed by atoms with Crippen molar-refractivity contribution >= 4 is 30.1 Å². The van der Waals surface area contributed by atoms with E-state index < -0.39 is 0 Å². The third-order valence-corrected chi connectivity index (χ3v) is 1.46. The lowest BCUT2D eigenvalue weighted by Crippen LogP contribution is -2.12. The van der Waals surface area contributed by atoms with Crippen molar-refractivity contribution in [2.45, 2.75) is 6.92 Å². The highest BCUT2D eigenvalue weighted by Gasteiger charge is 1.99. The minimum absolute atomic E-state index is 0.00491. The van der Waals surface area contributed by atoms with E-state index in [4.69, 9.17) is 16.9 Å². The summed E-state index contributed by atoms with van der Waals surface area (Å²) in [4.78, 5) is 16.0. The molecule has 86 valence electrons. The molecule has 16 heavy (non-hydrogen) atoms. The van der Waals surface area contributed by atoms with Crippen LogP contribution in [-0.2, 0) is 4.79 Å². The summed E-state index contributed by atoms with van der Waals surface area (Å²) >= 11 is 5.73. The molecule has 0 bridgehead atoms. The molecule has 6 nitrogen and oxygen atoms in total. The Kier molecular flexibility index (Phi) is 6.56. The van der Waals surface area contributed by atoms with Crippen molar-refractivity contribution in [3.63, 3.8) is 0 Å². The van der Waals surface area contributed by atoms with Gasteiger partial charge in [0.15, 0.2) is 0 Å². The Morgan fingerprint density at radius 1 is 1.56 bits per heavy atom. The van der Waals surface area contributed by atoms with Gasteiger partial charge in [0.05, 0.1) is 12.6 Å². The predicted octanol–water partition coefficient (Wildman–Crippen LogP) is 0.672. The molecule has 0 spiro atoms. The number of carbonyl (C=O) groups excluding carboxylic acids is 1. The maximum Gasteiger partial charge on any atom is 0.236 e. The van der Waals surface area contributed by atoms with Gasteiger partial charge in [0, 0.05) is 21.0 Å². The highest BCUT2D eigenvalue weighted by molar-refractivity contribution is 6.31. The summed E-state index contributed by atoms with van der Waals surface area (Å²) in [7, 11) is 3.54. The highest BCUT2D eigenvalue weighted by Crippen LogP contribution is 2.08. The van der Waals surface area contributed by atoms with Crippen LogP contribution in [0.15, 0.2) is 20.8 Å². The lowest BCUT2D eigenvalue weighted by atomic mass is 10.3.